The number of para-hydroxylation sites is 1. The highest BCUT2D eigenvalue weighted by Crippen LogP contribution is 2.30. The van der Waals surface area contributed by atoms with Gasteiger partial charge in [-0.2, -0.15) is 13.2 Å². The Labute approximate surface area is 195 Å². The maximum absolute atomic E-state index is 13.2. The number of fused-ring (bicyclic) bond motifs is 1. The lowest BCUT2D eigenvalue weighted by molar-refractivity contribution is -0.137. The minimum absolute atomic E-state index is 0.0653. The zero-order valence-corrected chi connectivity index (χ0v) is 18.2. The zero-order chi connectivity index (χ0) is 24.5. The molecule has 1 N–H and O–H groups in total. The van der Waals surface area contributed by atoms with Crippen molar-refractivity contribution in [3.63, 3.8) is 0 Å². The van der Waals surface area contributed by atoms with E-state index in [0.29, 0.717) is 10.6 Å². The second-order valence-electron chi connectivity index (χ2n) is 7.53. The maximum atomic E-state index is 13.2. The smallest absolute Gasteiger partial charge is 0.325 e. The summed E-state index contributed by atoms with van der Waals surface area (Å²) in [4.78, 5) is 38.9. The highest BCUT2D eigenvalue weighted by molar-refractivity contribution is 6.30. The van der Waals surface area contributed by atoms with Gasteiger partial charge in [0.05, 0.1) is 23.0 Å². The highest BCUT2D eigenvalue weighted by atomic mass is 35.5. The molecule has 10 heteroatoms. The topological polar surface area (TPSA) is 73.1 Å². The molecule has 0 unspecified atom stereocenters. The molecule has 0 spiro atoms. The monoisotopic (exact) mass is 487 g/mol. The third-order valence-corrected chi connectivity index (χ3v) is 5.37. The van der Waals surface area contributed by atoms with Gasteiger partial charge in [-0.15, -0.1) is 0 Å². The summed E-state index contributed by atoms with van der Waals surface area (Å²) in [5, 5.41) is 3.04. The predicted molar refractivity (Wildman–Crippen MR) is 123 cm³/mol. The molecule has 0 aliphatic carbocycles. The first-order valence-corrected chi connectivity index (χ1v) is 10.5. The van der Waals surface area contributed by atoms with Crippen molar-refractivity contribution in [2.24, 2.45) is 0 Å². The number of aromatic nitrogens is 2. The van der Waals surface area contributed by atoms with E-state index in [1.54, 1.807) is 36.4 Å². The van der Waals surface area contributed by atoms with Gasteiger partial charge in [-0.1, -0.05) is 41.9 Å². The average molecular weight is 488 g/mol. The summed E-state index contributed by atoms with van der Waals surface area (Å²) in [6.07, 6.45) is -4.57. The van der Waals surface area contributed by atoms with Crippen LogP contribution in [0.4, 0.5) is 18.9 Å². The summed E-state index contributed by atoms with van der Waals surface area (Å²) in [5.41, 5.74) is -1.40. The van der Waals surface area contributed by atoms with Crippen LogP contribution in [0.5, 0.6) is 0 Å². The van der Waals surface area contributed by atoms with Gasteiger partial charge >= 0.3 is 11.9 Å². The van der Waals surface area contributed by atoms with Gasteiger partial charge in [0.2, 0.25) is 5.91 Å². The lowest BCUT2D eigenvalue weighted by Gasteiger charge is -2.15. The molecule has 0 aliphatic rings. The minimum Gasteiger partial charge on any atom is -0.325 e. The van der Waals surface area contributed by atoms with E-state index in [9.17, 15) is 27.6 Å². The molecule has 0 fully saturated rings. The van der Waals surface area contributed by atoms with E-state index in [-0.39, 0.29) is 23.1 Å². The molecule has 0 bridgehead atoms. The number of anilines is 1. The van der Waals surface area contributed by atoms with Crippen LogP contribution in [0, 0.1) is 0 Å². The fraction of sp³-hybridized carbons (Fsp3) is 0.125. The summed E-state index contributed by atoms with van der Waals surface area (Å²) in [6, 6.07) is 17.2. The molecule has 0 aliphatic heterocycles. The van der Waals surface area contributed by atoms with Crippen LogP contribution < -0.4 is 16.6 Å². The Balaban J connectivity index is 1.72. The van der Waals surface area contributed by atoms with E-state index in [2.05, 4.69) is 5.32 Å². The molecule has 4 aromatic rings. The van der Waals surface area contributed by atoms with Gasteiger partial charge in [-0.25, -0.2) is 4.79 Å². The number of nitrogens with one attached hydrogen (secondary N) is 1. The lowest BCUT2D eigenvalue weighted by Crippen LogP contribution is -2.42. The van der Waals surface area contributed by atoms with Crippen molar-refractivity contribution in [3.8, 4) is 0 Å². The number of carbonyl (C=O) groups is 1. The first-order chi connectivity index (χ1) is 16.1. The fourth-order valence-electron chi connectivity index (χ4n) is 3.60. The maximum Gasteiger partial charge on any atom is 0.416 e. The largest absolute Gasteiger partial charge is 0.416 e. The van der Waals surface area contributed by atoms with Crippen molar-refractivity contribution in [1.29, 1.82) is 0 Å². The number of hydrogen-bond acceptors (Lipinski definition) is 3. The quantitative estimate of drug-likeness (QED) is 0.450. The molecule has 0 saturated heterocycles. The number of halogens is 4. The van der Waals surface area contributed by atoms with Gasteiger partial charge in [0.1, 0.15) is 6.54 Å². The number of nitrogens with zero attached hydrogens (tertiary/aromatic N) is 2. The Hall–Kier alpha value is -3.85. The van der Waals surface area contributed by atoms with Crippen molar-refractivity contribution in [1.82, 2.24) is 9.13 Å². The Bertz CT molecular complexity index is 1510. The molecule has 0 radical (unpaired) electrons. The van der Waals surface area contributed by atoms with Crippen molar-refractivity contribution >= 4 is 34.1 Å². The van der Waals surface area contributed by atoms with Crippen LogP contribution in [0.3, 0.4) is 0 Å². The molecule has 1 aromatic heterocycles. The van der Waals surface area contributed by atoms with Crippen LogP contribution in [0.1, 0.15) is 11.1 Å². The van der Waals surface area contributed by atoms with Gasteiger partial charge in [-0.3, -0.25) is 18.7 Å². The summed E-state index contributed by atoms with van der Waals surface area (Å²) in [7, 11) is 0. The minimum atomic E-state index is -4.57. The van der Waals surface area contributed by atoms with Gasteiger partial charge < -0.3 is 5.32 Å². The number of benzene rings is 3. The number of rotatable bonds is 5. The lowest BCUT2D eigenvalue weighted by atomic mass is 10.2. The van der Waals surface area contributed by atoms with Crippen LogP contribution in [-0.4, -0.2) is 15.0 Å². The Kier molecular flexibility index (Phi) is 6.30. The fourth-order valence-corrected chi connectivity index (χ4v) is 3.81. The molecule has 4 rings (SSSR count). The van der Waals surface area contributed by atoms with Crippen molar-refractivity contribution in [2.45, 2.75) is 19.3 Å². The van der Waals surface area contributed by atoms with Crippen molar-refractivity contribution in [3.05, 3.63) is 110 Å². The highest BCUT2D eigenvalue weighted by Gasteiger charge is 2.30. The molecule has 0 atom stereocenters. The number of hydrogen-bond donors (Lipinski definition) is 1. The summed E-state index contributed by atoms with van der Waals surface area (Å²) >= 11 is 6.01. The van der Waals surface area contributed by atoms with Crippen LogP contribution in [-0.2, 0) is 24.1 Å². The second-order valence-corrected chi connectivity index (χ2v) is 7.97. The normalized spacial score (nSPS) is 11.5. The number of carbonyl (C=O) groups excluding carboxylic acids is 1. The van der Waals surface area contributed by atoms with Crippen LogP contribution in [0.2, 0.25) is 5.02 Å². The molecular weight excluding hydrogens is 471 g/mol. The van der Waals surface area contributed by atoms with Gasteiger partial charge in [0.25, 0.3) is 5.56 Å². The van der Waals surface area contributed by atoms with E-state index in [1.807, 2.05) is 0 Å². The average Bonchev–Trinajstić information content (AvgIpc) is 2.79. The zero-order valence-electron chi connectivity index (χ0n) is 17.5. The second kappa shape index (κ2) is 9.18. The first-order valence-electron chi connectivity index (χ1n) is 10.1. The SMILES string of the molecule is O=C(Cn1c(=O)n(Cc2cccc(Cl)c2)c(=O)c2ccccc21)Nc1cccc(C(F)(F)F)c1. The third-order valence-electron chi connectivity index (χ3n) is 5.14. The van der Waals surface area contributed by atoms with Crippen molar-refractivity contribution < 1.29 is 18.0 Å². The molecule has 0 saturated carbocycles. The molecule has 6 nitrogen and oxygen atoms in total. The van der Waals surface area contributed by atoms with E-state index in [1.165, 1.54) is 24.3 Å². The van der Waals surface area contributed by atoms with Gasteiger partial charge in [-0.05, 0) is 48.0 Å². The molecule has 174 valence electrons. The van der Waals surface area contributed by atoms with E-state index < -0.39 is 35.4 Å². The summed E-state index contributed by atoms with van der Waals surface area (Å²) in [6.45, 7) is -0.580. The molecule has 1 heterocycles. The third kappa shape index (κ3) is 4.89. The van der Waals surface area contributed by atoms with Crippen molar-refractivity contribution in [2.75, 3.05) is 5.32 Å². The Morgan fingerprint density at radius 2 is 1.65 bits per heavy atom. The number of alkyl halides is 3. The van der Waals surface area contributed by atoms with Crippen LogP contribution in [0.25, 0.3) is 10.9 Å². The van der Waals surface area contributed by atoms with Gasteiger partial charge in [0.15, 0.2) is 0 Å². The van der Waals surface area contributed by atoms with E-state index in [4.69, 9.17) is 11.6 Å². The standard InChI is InChI=1S/C24H17ClF3N3O3/c25-17-7-3-5-15(11-17)13-31-22(33)19-9-1-2-10-20(19)30(23(31)34)14-21(32)29-18-8-4-6-16(12-18)24(26,27)28/h1-12H,13-14H2,(H,29,32). The van der Waals surface area contributed by atoms with Crippen LogP contribution >= 0.6 is 11.6 Å². The molecule has 34 heavy (non-hydrogen) atoms. The van der Waals surface area contributed by atoms with E-state index >= 15 is 0 Å². The summed E-state index contributed by atoms with van der Waals surface area (Å²) in [5.74, 6) is -0.723. The summed E-state index contributed by atoms with van der Waals surface area (Å²) < 4.78 is 41.0. The molecule has 1 amide bonds. The van der Waals surface area contributed by atoms with Gasteiger partial charge in [0, 0.05) is 10.7 Å². The number of amides is 1. The first kappa shape index (κ1) is 23.3. The Morgan fingerprint density at radius 3 is 2.38 bits per heavy atom. The molecule has 3 aromatic carbocycles. The molecular formula is C24H17ClF3N3O3. The Morgan fingerprint density at radius 1 is 0.912 bits per heavy atom. The predicted octanol–water partition coefficient (Wildman–Crippen LogP) is 4.52. The van der Waals surface area contributed by atoms with Crippen LogP contribution in [0.15, 0.2) is 82.4 Å². The van der Waals surface area contributed by atoms with E-state index in [0.717, 1.165) is 21.3 Å².